The molecule has 0 bridgehead atoms. The molecule has 14 heavy (non-hydrogen) atoms. The van der Waals surface area contributed by atoms with E-state index in [0.717, 1.165) is 37.5 Å². The van der Waals surface area contributed by atoms with Crippen molar-refractivity contribution < 1.29 is 4.74 Å². The lowest BCUT2D eigenvalue weighted by Gasteiger charge is -2.32. The molecule has 1 fully saturated rings. The number of hydrogen-bond donors (Lipinski definition) is 1. The van der Waals surface area contributed by atoms with Gasteiger partial charge in [-0.05, 0) is 44.1 Å². The maximum atomic E-state index is 5.03. The van der Waals surface area contributed by atoms with E-state index in [4.69, 9.17) is 4.74 Å². The number of hydrogen-bond acceptors (Lipinski definition) is 2. The highest BCUT2D eigenvalue weighted by Crippen LogP contribution is 2.28. The minimum Gasteiger partial charge on any atom is -0.385 e. The van der Waals surface area contributed by atoms with Crippen molar-refractivity contribution in [2.75, 3.05) is 20.3 Å². The molecule has 2 heteroatoms. The Morgan fingerprint density at radius 2 is 1.79 bits per heavy atom. The minimum atomic E-state index is 0.755. The second kappa shape index (κ2) is 6.41. The summed E-state index contributed by atoms with van der Waals surface area (Å²) >= 11 is 0. The molecule has 1 N–H and O–H groups in total. The first-order chi connectivity index (χ1) is 6.72. The summed E-state index contributed by atoms with van der Waals surface area (Å²) in [5.41, 5.74) is 0. The lowest BCUT2D eigenvalue weighted by Crippen LogP contribution is -2.37. The predicted octanol–water partition coefficient (Wildman–Crippen LogP) is 2.44. The van der Waals surface area contributed by atoms with Gasteiger partial charge in [-0.25, -0.2) is 0 Å². The third kappa shape index (κ3) is 4.43. The van der Waals surface area contributed by atoms with Crippen molar-refractivity contribution in [1.29, 1.82) is 0 Å². The molecule has 0 aromatic rings. The van der Waals surface area contributed by atoms with E-state index < -0.39 is 0 Å². The summed E-state index contributed by atoms with van der Waals surface area (Å²) in [6, 6.07) is 0.755. The largest absolute Gasteiger partial charge is 0.385 e. The van der Waals surface area contributed by atoms with Gasteiger partial charge in [-0.15, -0.1) is 0 Å². The maximum absolute atomic E-state index is 5.03. The molecule has 0 radical (unpaired) electrons. The molecule has 1 saturated carbocycles. The van der Waals surface area contributed by atoms with E-state index in [1.807, 2.05) is 0 Å². The van der Waals surface area contributed by atoms with Crippen molar-refractivity contribution in [3.05, 3.63) is 0 Å². The van der Waals surface area contributed by atoms with Gasteiger partial charge in [0.1, 0.15) is 0 Å². The van der Waals surface area contributed by atoms with Gasteiger partial charge in [0.15, 0.2) is 0 Å². The molecule has 1 aliphatic carbocycles. The Morgan fingerprint density at radius 1 is 1.14 bits per heavy atom. The molecule has 2 nitrogen and oxygen atoms in total. The van der Waals surface area contributed by atoms with E-state index in [1.54, 1.807) is 7.11 Å². The van der Waals surface area contributed by atoms with Crippen LogP contribution in [0.2, 0.25) is 0 Å². The summed E-state index contributed by atoms with van der Waals surface area (Å²) < 4.78 is 5.03. The van der Waals surface area contributed by atoms with Gasteiger partial charge in [-0.2, -0.15) is 0 Å². The van der Waals surface area contributed by atoms with Crippen molar-refractivity contribution in [2.45, 2.75) is 45.6 Å². The fourth-order valence-electron chi connectivity index (χ4n) is 2.64. The van der Waals surface area contributed by atoms with Gasteiger partial charge in [-0.3, -0.25) is 0 Å². The van der Waals surface area contributed by atoms with Crippen molar-refractivity contribution in [1.82, 2.24) is 5.32 Å². The van der Waals surface area contributed by atoms with E-state index in [9.17, 15) is 0 Å². The van der Waals surface area contributed by atoms with E-state index in [2.05, 4.69) is 19.2 Å². The lowest BCUT2D eigenvalue weighted by atomic mass is 9.80. The Morgan fingerprint density at radius 3 is 2.36 bits per heavy atom. The first kappa shape index (κ1) is 12.0. The SMILES string of the molecule is COCCCNC1C[C@H](C)C[C@@H](C)C1. The Kier molecular flexibility index (Phi) is 5.49. The van der Waals surface area contributed by atoms with Crippen LogP contribution in [0.4, 0.5) is 0 Å². The zero-order valence-electron chi connectivity index (χ0n) is 9.88. The standard InChI is InChI=1S/C12H25NO/c1-10-7-11(2)9-12(8-10)13-5-4-6-14-3/h10-13H,4-9H2,1-3H3/t10-,11-/m1/s1. The first-order valence-electron chi connectivity index (χ1n) is 5.94. The van der Waals surface area contributed by atoms with E-state index in [1.165, 1.54) is 19.3 Å². The third-order valence-electron chi connectivity index (χ3n) is 3.14. The Balaban J connectivity index is 2.10. The van der Waals surface area contributed by atoms with Crippen LogP contribution in [0.3, 0.4) is 0 Å². The van der Waals surface area contributed by atoms with Crippen LogP contribution in [-0.2, 0) is 4.74 Å². The smallest absolute Gasteiger partial charge is 0.0474 e. The zero-order valence-corrected chi connectivity index (χ0v) is 9.88. The van der Waals surface area contributed by atoms with Crippen LogP contribution < -0.4 is 5.32 Å². The van der Waals surface area contributed by atoms with Crippen LogP contribution >= 0.6 is 0 Å². The average molecular weight is 199 g/mol. The molecule has 0 heterocycles. The Bertz CT molecular complexity index is 139. The van der Waals surface area contributed by atoms with Crippen LogP contribution in [0, 0.1) is 11.8 Å². The number of rotatable bonds is 5. The molecule has 0 aliphatic heterocycles. The third-order valence-corrected chi connectivity index (χ3v) is 3.14. The van der Waals surface area contributed by atoms with Crippen molar-refractivity contribution in [3.8, 4) is 0 Å². The van der Waals surface area contributed by atoms with E-state index >= 15 is 0 Å². The fraction of sp³-hybridized carbons (Fsp3) is 1.00. The van der Waals surface area contributed by atoms with Gasteiger partial charge >= 0.3 is 0 Å². The van der Waals surface area contributed by atoms with E-state index in [0.29, 0.717) is 0 Å². The molecule has 1 aliphatic rings. The molecule has 0 amide bonds. The molecule has 0 unspecified atom stereocenters. The summed E-state index contributed by atoms with van der Waals surface area (Å²) in [6.45, 7) is 6.74. The molecule has 0 aromatic heterocycles. The van der Waals surface area contributed by atoms with Crippen molar-refractivity contribution in [2.24, 2.45) is 11.8 Å². The summed E-state index contributed by atoms with van der Waals surface area (Å²) in [5.74, 6) is 1.80. The summed E-state index contributed by atoms with van der Waals surface area (Å²) in [6.07, 6.45) is 5.26. The normalized spacial score (nSPS) is 33.2. The van der Waals surface area contributed by atoms with Crippen molar-refractivity contribution in [3.63, 3.8) is 0 Å². The topological polar surface area (TPSA) is 21.3 Å². The van der Waals surface area contributed by atoms with Gasteiger partial charge in [-0.1, -0.05) is 13.8 Å². The van der Waals surface area contributed by atoms with Gasteiger partial charge < -0.3 is 10.1 Å². The maximum Gasteiger partial charge on any atom is 0.0474 e. The Hall–Kier alpha value is -0.0800. The summed E-state index contributed by atoms with van der Waals surface area (Å²) in [4.78, 5) is 0. The molecule has 0 aromatic carbocycles. The second-order valence-electron chi connectivity index (χ2n) is 4.91. The first-order valence-corrected chi connectivity index (χ1v) is 5.94. The molecule has 0 spiro atoms. The van der Waals surface area contributed by atoms with Gasteiger partial charge in [0, 0.05) is 19.8 Å². The zero-order chi connectivity index (χ0) is 10.4. The van der Waals surface area contributed by atoms with Crippen molar-refractivity contribution >= 4 is 0 Å². The fourth-order valence-corrected chi connectivity index (χ4v) is 2.64. The van der Waals surface area contributed by atoms with Crippen LogP contribution in [0.5, 0.6) is 0 Å². The number of ether oxygens (including phenoxy) is 1. The number of methoxy groups -OCH3 is 1. The van der Waals surface area contributed by atoms with E-state index in [-0.39, 0.29) is 0 Å². The van der Waals surface area contributed by atoms with Gasteiger partial charge in [0.05, 0.1) is 0 Å². The highest BCUT2D eigenvalue weighted by molar-refractivity contribution is 4.79. The summed E-state index contributed by atoms with van der Waals surface area (Å²) in [7, 11) is 1.77. The summed E-state index contributed by atoms with van der Waals surface area (Å²) in [5, 5.41) is 3.64. The lowest BCUT2D eigenvalue weighted by molar-refractivity contribution is 0.187. The van der Waals surface area contributed by atoms with Gasteiger partial charge in [0.2, 0.25) is 0 Å². The molecular weight excluding hydrogens is 174 g/mol. The molecular formula is C12H25NO. The quantitative estimate of drug-likeness (QED) is 0.687. The second-order valence-corrected chi connectivity index (χ2v) is 4.91. The molecule has 84 valence electrons. The predicted molar refractivity (Wildman–Crippen MR) is 60.5 cm³/mol. The van der Waals surface area contributed by atoms with Crippen LogP contribution in [0.25, 0.3) is 0 Å². The highest BCUT2D eigenvalue weighted by atomic mass is 16.5. The molecule has 1 rings (SSSR count). The number of nitrogens with one attached hydrogen (secondary N) is 1. The average Bonchev–Trinajstić information content (AvgIpc) is 2.11. The Labute approximate surface area is 88.4 Å². The molecule has 0 saturated heterocycles. The highest BCUT2D eigenvalue weighted by Gasteiger charge is 2.22. The monoisotopic (exact) mass is 199 g/mol. The van der Waals surface area contributed by atoms with Crippen LogP contribution in [0.15, 0.2) is 0 Å². The van der Waals surface area contributed by atoms with Crippen LogP contribution in [0.1, 0.15) is 39.5 Å². The van der Waals surface area contributed by atoms with Crippen LogP contribution in [-0.4, -0.2) is 26.3 Å². The minimum absolute atomic E-state index is 0.755. The molecule has 2 atom stereocenters. The van der Waals surface area contributed by atoms with Gasteiger partial charge in [0.25, 0.3) is 0 Å².